The summed E-state index contributed by atoms with van der Waals surface area (Å²) in [5.74, 6) is 0.0883. The standard InChI is InChI=1S/C13H21N3O3S/c1-2-20(17,18)15-11-13(12-5-3-4-6-14-12)16-7-9-19-10-8-16/h3-6,13,15H,2,7-11H2,1H3. The van der Waals surface area contributed by atoms with E-state index >= 15 is 0 Å². The zero-order chi connectivity index (χ0) is 14.4. The lowest BCUT2D eigenvalue weighted by molar-refractivity contribution is 0.0163. The summed E-state index contributed by atoms with van der Waals surface area (Å²) in [6.07, 6.45) is 1.73. The summed E-state index contributed by atoms with van der Waals surface area (Å²) in [6.45, 7) is 4.89. The SMILES string of the molecule is CCS(=O)(=O)NCC(c1ccccn1)N1CCOCC1. The Balaban J connectivity index is 2.11. The molecule has 0 spiro atoms. The average Bonchev–Trinajstić information content (AvgIpc) is 2.49. The maximum atomic E-state index is 11.6. The third kappa shape index (κ3) is 4.24. The smallest absolute Gasteiger partial charge is 0.211 e. The molecule has 1 fully saturated rings. The quantitative estimate of drug-likeness (QED) is 0.823. The molecular formula is C13H21N3O3S. The van der Waals surface area contributed by atoms with Gasteiger partial charge in [0.05, 0.1) is 30.7 Å². The highest BCUT2D eigenvalue weighted by atomic mass is 32.2. The molecule has 0 aliphatic carbocycles. The predicted octanol–water partition coefficient (Wildman–Crippen LogP) is 0.394. The molecule has 0 saturated carbocycles. The van der Waals surface area contributed by atoms with Crippen molar-refractivity contribution >= 4 is 10.0 Å². The number of hydrogen-bond donors (Lipinski definition) is 1. The molecule has 20 heavy (non-hydrogen) atoms. The van der Waals surface area contributed by atoms with Crippen LogP contribution in [0.5, 0.6) is 0 Å². The van der Waals surface area contributed by atoms with Crippen molar-refractivity contribution in [2.45, 2.75) is 13.0 Å². The number of nitrogens with one attached hydrogen (secondary N) is 1. The molecular weight excluding hydrogens is 278 g/mol. The molecule has 1 atom stereocenters. The van der Waals surface area contributed by atoms with Crippen LogP contribution in [0.1, 0.15) is 18.7 Å². The molecule has 0 aromatic carbocycles. The minimum absolute atomic E-state index is 0.0542. The van der Waals surface area contributed by atoms with Crippen molar-refractivity contribution < 1.29 is 13.2 Å². The van der Waals surface area contributed by atoms with Crippen LogP contribution in [0.4, 0.5) is 0 Å². The molecule has 112 valence electrons. The number of morpholine rings is 1. The lowest BCUT2D eigenvalue weighted by Gasteiger charge is -2.34. The largest absolute Gasteiger partial charge is 0.379 e. The maximum absolute atomic E-state index is 11.6. The Hall–Kier alpha value is -1.02. The third-order valence-electron chi connectivity index (χ3n) is 3.39. The van der Waals surface area contributed by atoms with E-state index in [9.17, 15) is 8.42 Å². The molecule has 1 aliphatic rings. The lowest BCUT2D eigenvalue weighted by Crippen LogP contribution is -2.44. The number of sulfonamides is 1. The minimum Gasteiger partial charge on any atom is -0.379 e. The van der Waals surface area contributed by atoms with E-state index in [0.29, 0.717) is 19.8 Å². The van der Waals surface area contributed by atoms with Crippen LogP contribution in [0.15, 0.2) is 24.4 Å². The van der Waals surface area contributed by atoms with Crippen LogP contribution in [-0.2, 0) is 14.8 Å². The molecule has 1 unspecified atom stereocenters. The van der Waals surface area contributed by atoms with Gasteiger partial charge in [0, 0.05) is 25.8 Å². The van der Waals surface area contributed by atoms with E-state index in [1.54, 1.807) is 13.1 Å². The summed E-state index contributed by atoms with van der Waals surface area (Å²) in [5, 5.41) is 0. The lowest BCUT2D eigenvalue weighted by atomic mass is 10.1. The summed E-state index contributed by atoms with van der Waals surface area (Å²) < 4.78 is 31.3. The van der Waals surface area contributed by atoms with Gasteiger partial charge in [-0.05, 0) is 19.1 Å². The van der Waals surface area contributed by atoms with Gasteiger partial charge in [0.15, 0.2) is 0 Å². The van der Waals surface area contributed by atoms with Gasteiger partial charge in [-0.1, -0.05) is 6.07 Å². The van der Waals surface area contributed by atoms with Crippen LogP contribution in [0.3, 0.4) is 0 Å². The van der Waals surface area contributed by atoms with Crippen LogP contribution in [0.2, 0.25) is 0 Å². The van der Waals surface area contributed by atoms with Crippen LogP contribution in [0.25, 0.3) is 0 Å². The van der Waals surface area contributed by atoms with Gasteiger partial charge < -0.3 is 4.74 Å². The Bertz CT molecular complexity index is 501. The number of rotatable bonds is 6. The molecule has 6 nitrogen and oxygen atoms in total. The van der Waals surface area contributed by atoms with Gasteiger partial charge in [-0.2, -0.15) is 0 Å². The fourth-order valence-corrected chi connectivity index (χ4v) is 2.81. The van der Waals surface area contributed by atoms with Gasteiger partial charge in [0.2, 0.25) is 10.0 Å². The van der Waals surface area contributed by atoms with Crippen molar-refractivity contribution in [3.8, 4) is 0 Å². The Labute approximate surface area is 120 Å². The highest BCUT2D eigenvalue weighted by molar-refractivity contribution is 7.89. The monoisotopic (exact) mass is 299 g/mol. The molecule has 0 bridgehead atoms. The Morgan fingerprint density at radius 2 is 2.15 bits per heavy atom. The van der Waals surface area contributed by atoms with Gasteiger partial charge in [0.25, 0.3) is 0 Å². The first kappa shape index (κ1) is 15.4. The zero-order valence-corrected chi connectivity index (χ0v) is 12.5. The van der Waals surface area contributed by atoms with Gasteiger partial charge in [-0.25, -0.2) is 13.1 Å². The first-order valence-corrected chi connectivity index (χ1v) is 8.47. The second kappa shape index (κ2) is 7.12. The van der Waals surface area contributed by atoms with Crippen molar-refractivity contribution in [3.05, 3.63) is 30.1 Å². The van der Waals surface area contributed by atoms with E-state index in [2.05, 4.69) is 14.6 Å². The van der Waals surface area contributed by atoms with E-state index in [1.807, 2.05) is 18.2 Å². The number of pyridine rings is 1. The molecule has 0 radical (unpaired) electrons. The van der Waals surface area contributed by atoms with Gasteiger partial charge in [0.1, 0.15) is 0 Å². The maximum Gasteiger partial charge on any atom is 0.211 e. The number of hydrogen-bond acceptors (Lipinski definition) is 5. The zero-order valence-electron chi connectivity index (χ0n) is 11.7. The van der Waals surface area contributed by atoms with E-state index < -0.39 is 10.0 Å². The Morgan fingerprint density at radius 3 is 2.75 bits per heavy atom. The van der Waals surface area contributed by atoms with Crippen molar-refractivity contribution in [3.63, 3.8) is 0 Å². The molecule has 1 aliphatic heterocycles. The molecule has 0 amide bonds. The van der Waals surface area contributed by atoms with Gasteiger partial charge in [-0.15, -0.1) is 0 Å². The minimum atomic E-state index is -3.20. The molecule has 1 aromatic heterocycles. The molecule has 1 saturated heterocycles. The normalized spacial score (nSPS) is 18.9. The van der Waals surface area contributed by atoms with Gasteiger partial charge in [-0.3, -0.25) is 9.88 Å². The molecule has 2 rings (SSSR count). The third-order valence-corrected chi connectivity index (χ3v) is 4.76. The van der Waals surface area contributed by atoms with Crippen molar-refractivity contribution in [1.82, 2.24) is 14.6 Å². The van der Waals surface area contributed by atoms with E-state index in [1.165, 1.54) is 0 Å². The number of nitrogens with zero attached hydrogens (tertiary/aromatic N) is 2. The predicted molar refractivity (Wildman–Crippen MR) is 76.8 cm³/mol. The number of ether oxygens (including phenoxy) is 1. The first-order valence-electron chi connectivity index (χ1n) is 6.82. The summed E-state index contributed by atoms with van der Waals surface area (Å²) in [6, 6.07) is 5.65. The second-order valence-electron chi connectivity index (χ2n) is 4.67. The van der Waals surface area contributed by atoms with E-state index in [4.69, 9.17) is 4.74 Å². The highest BCUT2D eigenvalue weighted by Crippen LogP contribution is 2.19. The summed E-state index contributed by atoms with van der Waals surface area (Å²) in [4.78, 5) is 6.58. The second-order valence-corrected chi connectivity index (χ2v) is 6.77. The Kier molecular flexibility index (Phi) is 5.47. The van der Waals surface area contributed by atoms with E-state index in [-0.39, 0.29) is 11.8 Å². The fraction of sp³-hybridized carbons (Fsp3) is 0.615. The van der Waals surface area contributed by atoms with Crippen molar-refractivity contribution in [2.75, 3.05) is 38.6 Å². The van der Waals surface area contributed by atoms with Gasteiger partial charge >= 0.3 is 0 Å². The van der Waals surface area contributed by atoms with Crippen molar-refractivity contribution in [1.29, 1.82) is 0 Å². The molecule has 7 heteroatoms. The highest BCUT2D eigenvalue weighted by Gasteiger charge is 2.24. The molecule has 1 N–H and O–H groups in total. The van der Waals surface area contributed by atoms with E-state index in [0.717, 1.165) is 18.8 Å². The van der Waals surface area contributed by atoms with Crippen LogP contribution < -0.4 is 4.72 Å². The van der Waals surface area contributed by atoms with Crippen LogP contribution >= 0.6 is 0 Å². The Morgan fingerprint density at radius 1 is 1.40 bits per heavy atom. The average molecular weight is 299 g/mol. The van der Waals surface area contributed by atoms with Crippen LogP contribution in [-0.4, -0.2) is 56.9 Å². The summed E-state index contributed by atoms with van der Waals surface area (Å²) in [5.41, 5.74) is 0.883. The van der Waals surface area contributed by atoms with Crippen molar-refractivity contribution in [2.24, 2.45) is 0 Å². The molecule has 1 aromatic rings. The topological polar surface area (TPSA) is 71.5 Å². The summed E-state index contributed by atoms with van der Waals surface area (Å²) >= 11 is 0. The van der Waals surface area contributed by atoms with Crippen LogP contribution in [0, 0.1) is 0 Å². The molecule has 2 heterocycles. The first-order chi connectivity index (χ1) is 9.62. The fourth-order valence-electron chi connectivity index (χ4n) is 2.19. The number of aromatic nitrogens is 1. The summed E-state index contributed by atoms with van der Waals surface area (Å²) in [7, 11) is -3.20.